The Morgan fingerprint density at radius 2 is 1.80 bits per heavy atom. The fourth-order valence-corrected chi connectivity index (χ4v) is 2.08. The van der Waals surface area contributed by atoms with Gasteiger partial charge in [-0.05, 0) is 38.2 Å². The van der Waals surface area contributed by atoms with Crippen LogP contribution in [0.15, 0.2) is 42.5 Å². The highest BCUT2D eigenvalue weighted by Crippen LogP contribution is 2.20. The standard InChI is InChI=1S/C18H19F3N2O2/c1-12(23(2)10-11-25-13-6-4-3-5-7-13)18(24)22-15-9-8-14(19)16(20)17(15)21/h3-9,12H,10-11H2,1-2H3,(H,22,24)/t12-/m0/s1. The predicted octanol–water partition coefficient (Wildman–Crippen LogP) is 3.44. The predicted molar refractivity (Wildman–Crippen MR) is 89.0 cm³/mol. The largest absolute Gasteiger partial charge is 0.492 e. The van der Waals surface area contributed by atoms with Crippen molar-refractivity contribution in [3.63, 3.8) is 0 Å². The Hall–Kier alpha value is -2.54. The Morgan fingerprint density at radius 1 is 1.12 bits per heavy atom. The van der Waals surface area contributed by atoms with Gasteiger partial charge in [0, 0.05) is 6.54 Å². The van der Waals surface area contributed by atoms with E-state index in [1.165, 1.54) is 0 Å². The SMILES string of the molecule is C[C@@H](C(=O)Nc1ccc(F)c(F)c1F)N(C)CCOc1ccccc1. The summed E-state index contributed by atoms with van der Waals surface area (Å²) < 4.78 is 45.3. The molecule has 0 radical (unpaired) electrons. The zero-order valence-corrected chi connectivity index (χ0v) is 13.9. The lowest BCUT2D eigenvalue weighted by Crippen LogP contribution is -2.41. The zero-order chi connectivity index (χ0) is 18.4. The number of rotatable bonds is 7. The Labute approximate surface area is 144 Å². The van der Waals surface area contributed by atoms with Gasteiger partial charge in [0.05, 0.1) is 11.7 Å². The van der Waals surface area contributed by atoms with Crippen molar-refractivity contribution >= 4 is 11.6 Å². The number of nitrogens with one attached hydrogen (secondary N) is 1. The molecule has 7 heteroatoms. The number of hydrogen-bond acceptors (Lipinski definition) is 3. The second kappa shape index (κ2) is 8.53. The second-order valence-electron chi connectivity index (χ2n) is 5.53. The first-order valence-corrected chi connectivity index (χ1v) is 7.72. The van der Waals surface area contributed by atoms with E-state index in [0.29, 0.717) is 13.2 Å². The van der Waals surface area contributed by atoms with Gasteiger partial charge in [-0.2, -0.15) is 0 Å². The molecular weight excluding hydrogens is 333 g/mol. The first-order valence-electron chi connectivity index (χ1n) is 7.72. The minimum atomic E-state index is -1.62. The van der Waals surface area contributed by atoms with Crippen LogP contribution < -0.4 is 10.1 Å². The Balaban J connectivity index is 1.87. The summed E-state index contributed by atoms with van der Waals surface area (Å²) in [7, 11) is 1.71. The van der Waals surface area contributed by atoms with Crippen LogP contribution >= 0.6 is 0 Å². The van der Waals surface area contributed by atoms with Gasteiger partial charge in [-0.15, -0.1) is 0 Å². The number of carbonyl (C=O) groups is 1. The van der Waals surface area contributed by atoms with Crippen LogP contribution in [0.25, 0.3) is 0 Å². The maximum Gasteiger partial charge on any atom is 0.241 e. The average Bonchev–Trinajstić information content (AvgIpc) is 2.62. The summed E-state index contributed by atoms with van der Waals surface area (Å²) in [5, 5.41) is 2.26. The quantitative estimate of drug-likeness (QED) is 0.776. The third-order valence-corrected chi connectivity index (χ3v) is 3.79. The molecule has 0 saturated heterocycles. The molecule has 1 amide bonds. The molecule has 0 saturated carbocycles. The van der Waals surface area contributed by atoms with Crippen molar-refractivity contribution in [3.05, 3.63) is 59.9 Å². The molecule has 1 N–H and O–H groups in total. The molecule has 0 aliphatic carbocycles. The molecule has 0 aliphatic heterocycles. The molecule has 0 unspecified atom stereocenters. The van der Waals surface area contributed by atoms with E-state index in [1.54, 1.807) is 18.9 Å². The van der Waals surface area contributed by atoms with Gasteiger partial charge in [-0.25, -0.2) is 13.2 Å². The van der Waals surface area contributed by atoms with Gasteiger partial charge in [-0.3, -0.25) is 9.69 Å². The molecule has 0 aromatic heterocycles. The molecule has 2 aromatic rings. The molecule has 134 valence electrons. The van der Waals surface area contributed by atoms with Crippen LogP contribution in [0.2, 0.25) is 0 Å². The third kappa shape index (κ3) is 4.96. The van der Waals surface area contributed by atoms with Crippen LogP contribution in [0.1, 0.15) is 6.92 Å². The highest BCUT2D eigenvalue weighted by atomic mass is 19.2. The Morgan fingerprint density at radius 3 is 2.48 bits per heavy atom. The molecular formula is C18H19F3N2O2. The molecule has 0 heterocycles. The fourth-order valence-electron chi connectivity index (χ4n) is 2.08. The summed E-state index contributed by atoms with van der Waals surface area (Å²) in [6.45, 7) is 2.43. The lowest BCUT2D eigenvalue weighted by molar-refractivity contribution is -0.120. The molecule has 0 fully saturated rings. The number of para-hydroxylation sites is 1. The van der Waals surface area contributed by atoms with Crippen molar-refractivity contribution in [3.8, 4) is 5.75 Å². The highest BCUT2D eigenvalue weighted by Gasteiger charge is 2.21. The number of halogens is 3. The van der Waals surface area contributed by atoms with E-state index in [-0.39, 0.29) is 0 Å². The zero-order valence-electron chi connectivity index (χ0n) is 13.9. The molecule has 1 atom stereocenters. The van der Waals surface area contributed by atoms with E-state index in [2.05, 4.69) is 5.32 Å². The number of amides is 1. The van der Waals surface area contributed by atoms with Crippen LogP contribution in [0, 0.1) is 17.5 Å². The van der Waals surface area contributed by atoms with Crippen LogP contribution in [0.4, 0.5) is 18.9 Å². The van der Waals surface area contributed by atoms with Crippen LogP contribution in [0.5, 0.6) is 5.75 Å². The topological polar surface area (TPSA) is 41.6 Å². The van der Waals surface area contributed by atoms with Crippen molar-refractivity contribution in [2.45, 2.75) is 13.0 Å². The molecule has 0 aliphatic rings. The fraction of sp³-hybridized carbons (Fsp3) is 0.278. The summed E-state index contributed by atoms with van der Waals surface area (Å²) >= 11 is 0. The van der Waals surface area contributed by atoms with E-state index >= 15 is 0 Å². The third-order valence-electron chi connectivity index (χ3n) is 3.79. The smallest absolute Gasteiger partial charge is 0.241 e. The van der Waals surface area contributed by atoms with Gasteiger partial charge in [0.15, 0.2) is 17.5 Å². The summed E-state index contributed by atoms with van der Waals surface area (Å²) in [6.07, 6.45) is 0. The monoisotopic (exact) mass is 352 g/mol. The van der Waals surface area contributed by atoms with E-state index < -0.39 is 35.1 Å². The minimum absolute atomic E-state index is 0.359. The highest BCUT2D eigenvalue weighted by molar-refractivity contribution is 5.94. The van der Waals surface area contributed by atoms with E-state index in [1.807, 2.05) is 30.3 Å². The number of hydrogen-bond donors (Lipinski definition) is 1. The van der Waals surface area contributed by atoms with Crippen molar-refractivity contribution in [2.24, 2.45) is 0 Å². The molecule has 4 nitrogen and oxygen atoms in total. The minimum Gasteiger partial charge on any atom is -0.492 e. The number of carbonyl (C=O) groups excluding carboxylic acids is 1. The molecule has 2 rings (SSSR count). The van der Waals surface area contributed by atoms with Crippen LogP contribution in [-0.2, 0) is 4.79 Å². The summed E-state index contributed by atoms with van der Waals surface area (Å²) in [5.74, 6) is -4.16. The maximum absolute atomic E-state index is 13.6. The number of nitrogens with zero attached hydrogens (tertiary/aromatic N) is 1. The lowest BCUT2D eigenvalue weighted by atomic mass is 10.2. The summed E-state index contributed by atoms with van der Waals surface area (Å²) in [5.41, 5.74) is -0.398. The van der Waals surface area contributed by atoms with Crippen molar-refractivity contribution < 1.29 is 22.7 Å². The Bertz CT molecular complexity index is 726. The van der Waals surface area contributed by atoms with Gasteiger partial charge in [0.1, 0.15) is 12.4 Å². The summed E-state index contributed by atoms with van der Waals surface area (Å²) in [4.78, 5) is 13.9. The van der Waals surface area contributed by atoms with Crippen LogP contribution in [0.3, 0.4) is 0 Å². The van der Waals surface area contributed by atoms with E-state index in [9.17, 15) is 18.0 Å². The lowest BCUT2D eigenvalue weighted by Gasteiger charge is -2.24. The molecule has 0 spiro atoms. The van der Waals surface area contributed by atoms with Crippen molar-refractivity contribution in [1.29, 1.82) is 0 Å². The second-order valence-corrected chi connectivity index (χ2v) is 5.53. The van der Waals surface area contributed by atoms with E-state index in [0.717, 1.165) is 17.9 Å². The van der Waals surface area contributed by atoms with Crippen molar-refractivity contribution in [1.82, 2.24) is 4.90 Å². The first kappa shape index (κ1) is 18.8. The van der Waals surface area contributed by atoms with Gasteiger partial charge in [0.2, 0.25) is 5.91 Å². The molecule has 2 aromatic carbocycles. The van der Waals surface area contributed by atoms with Crippen molar-refractivity contribution in [2.75, 3.05) is 25.5 Å². The van der Waals surface area contributed by atoms with E-state index in [4.69, 9.17) is 4.74 Å². The number of benzene rings is 2. The molecule has 0 bridgehead atoms. The summed E-state index contributed by atoms with van der Waals surface area (Å²) in [6, 6.07) is 10.4. The number of anilines is 1. The average molecular weight is 352 g/mol. The Kier molecular flexibility index (Phi) is 6.41. The maximum atomic E-state index is 13.6. The number of likely N-dealkylation sites (N-methyl/N-ethyl adjacent to an activating group) is 1. The van der Waals surface area contributed by atoms with Crippen LogP contribution in [-0.4, -0.2) is 37.0 Å². The normalized spacial score (nSPS) is 12.1. The van der Waals surface area contributed by atoms with Gasteiger partial charge >= 0.3 is 0 Å². The van der Waals surface area contributed by atoms with Gasteiger partial charge in [0.25, 0.3) is 0 Å². The molecule has 25 heavy (non-hydrogen) atoms. The number of ether oxygens (including phenoxy) is 1. The first-order chi connectivity index (χ1) is 11.9. The van der Waals surface area contributed by atoms with Gasteiger partial charge in [-0.1, -0.05) is 18.2 Å². The van der Waals surface area contributed by atoms with Gasteiger partial charge < -0.3 is 10.1 Å².